The van der Waals surface area contributed by atoms with Crippen LogP contribution in [0.2, 0.25) is 0 Å². The monoisotopic (exact) mass is 542 g/mol. The van der Waals surface area contributed by atoms with Gasteiger partial charge in [0.05, 0.1) is 18.6 Å². The number of carbonyl (C=O) groups excluding carboxylic acids is 3. The van der Waals surface area contributed by atoms with Crippen molar-refractivity contribution < 1.29 is 23.5 Å². The number of nitrogens with one attached hydrogen (secondary N) is 2. The molecule has 2 N–H and O–H groups in total. The molecule has 1 aliphatic carbocycles. The number of hydrogen-bond donors (Lipinski definition) is 2. The number of likely N-dealkylation sites (tertiary alicyclic amines) is 1. The number of carbonyl (C=O) groups is 3. The Morgan fingerprint density at radius 1 is 1.15 bits per heavy atom. The first-order valence-electron chi connectivity index (χ1n) is 13.4. The van der Waals surface area contributed by atoms with Crippen LogP contribution in [0.4, 0.5) is 15.9 Å². The standard InChI is InChI=1S/C31H31FN4O4/c1-30(2)11-10-24(22-14-20(32)7-9-25(22)40-3)36(29(30)39)17-26(37)34-21-8-6-18-15-31(16-19(18)13-21)23-5-4-12-33-27(23)35-28(31)38/h4-9,12-14,24H,10-11,15-17H2,1-3H3,(H,34,37)(H,33,35,38)/t24-,31+/m0/s1. The Bertz CT molecular complexity index is 1550. The Morgan fingerprint density at radius 3 is 2.75 bits per heavy atom. The maximum atomic E-state index is 14.2. The van der Waals surface area contributed by atoms with Crippen LogP contribution >= 0.6 is 0 Å². The SMILES string of the molecule is COc1ccc(F)cc1[C@@H]1CCC(C)(C)C(=O)N1CC(=O)Nc1ccc2c(c1)C[C@@]1(C2)C(=O)Nc2ncccc21. The van der Waals surface area contributed by atoms with Crippen molar-refractivity contribution in [3.8, 4) is 5.75 Å². The predicted molar refractivity (Wildman–Crippen MR) is 147 cm³/mol. The van der Waals surface area contributed by atoms with Crippen LogP contribution in [0.1, 0.15) is 55.0 Å². The molecule has 0 bridgehead atoms. The first-order valence-corrected chi connectivity index (χ1v) is 13.4. The van der Waals surface area contributed by atoms with Crippen LogP contribution in [-0.2, 0) is 32.6 Å². The minimum atomic E-state index is -0.697. The molecule has 0 radical (unpaired) electrons. The van der Waals surface area contributed by atoms with Crippen LogP contribution in [0.3, 0.4) is 0 Å². The summed E-state index contributed by atoms with van der Waals surface area (Å²) in [4.78, 5) is 45.7. The van der Waals surface area contributed by atoms with Crippen molar-refractivity contribution in [2.45, 2.75) is 51.0 Å². The van der Waals surface area contributed by atoms with E-state index in [1.54, 1.807) is 12.3 Å². The molecule has 2 atom stereocenters. The minimum absolute atomic E-state index is 0.0620. The lowest BCUT2D eigenvalue weighted by molar-refractivity contribution is -0.150. The van der Waals surface area contributed by atoms with Crippen LogP contribution < -0.4 is 15.4 Å². The van der Waals surface area contributed by atoms with E-state index in [0.717, 1.165) is 16.7 Å². The molecule has 40 heavy (non-hydrogen) atoms. The smallest absolute Gasteiger partial charge is 0.244 e. The van der Waals surface area contributed by atoms with Gasteiger partial charge in [0.1, 0.15) is 23.9 Å². The van der Waals surface area contributed by atoms with Gasteiger partial charge in [-0.3, -0.25) is 14.4 Å². The van der Waals surface area contributed by atoms with Gasteiger partial charge in [0.25, 0.3) is 0 Å². The Labute approximate surface area is 231 Å². The summed E-state index contributed by atoms with van der Waals surface area (Å²) in [7, 11) is 1.50. The van der Waals surface area contributed by atoms with E-state index >= 15 is 0 Å². The second-order valence-electron chi connectivity index (χ2n) is 11.6. The van der Waals surface area contributed by atoms with Crippen molar-refractivity contribution in [3.63, 3.8) is 0 Å². The van der Waals surface area contributed by atoms with E-state index in [2.05, 4.69) is 15.6 Å². The molecule has 3 amide bonds. The van der Waals surface area contributed by atoms with Gasteiger partial charge in [-0.2, -0.15) is 0 Å². The molecule has 8 nitrogen and oxygen atoms in total. The Hall–Kier alpha value is -4.27. The van der Waals surface area contributed by atoms with E-state index in [4.69, 9.17) is 4.74 Å². The zero-order chi connectivity index (χ0) is 28.2. The van der Waals surface area contributed by atoms with Gasteiger partial charge in [0, 0.05) is 28.4 Å². The number of fused-ring (bicyclic) bond motifs is 3. The fraction of sp³-hybridized carbons (Fsp3) is 0.355. The quantitative estimate of drug-likeness (QED) is 0.493. The number of aromatic nitrogens is 1. The maximum Gasteiger partial charge on any atom is 0.244 e. The number of hydrogen-bond acceptors (Lipinski definition) is 5. The number of benzene rings is 2. The number of rotatable bonds is 5. The van der Waals surface area contributed by atoms with Crippen LogP contribution in [0.25, 0.3) is 0 Å². The fourth-order valence-corrected chi connectivity index (χ4v) is 6.46. The summed E-state index contributed by atoms with van der Waals surface area (Å²) >= 11 is 0. The molecule has 1 fully saturated rings. The third kappa shape index (κ3) is 4.20. The van der Waals surface area contributed by atoms with Gasteiger partial charge in [-0.15, -0.1) is 0 Å². The zero-order valence-electron chi connectivity index (χ0n) is 22.7. The number of anilines is 2. The number of pyridine rings is 1. The van der Waals surface area contributed by atoms with Gasteiger partial charge in [-0.1, -0.05) is 26.0 Å². The molecule has 0 unspecified atom stereocenters. The summed E-state index contributed by atoms with van der Waals surface area (Å²) in [5, 5.41) is 5.84. The molecule has 6 rings (SSSR count). The van der Waals surface area contributed by atoms with Crippen molar-refractivity contribution >= 4 is 29.2 Å². The van der Waals surface area contributed by atoms with Gasteiger partial charge in [-0.05, 0) is 73.2 Å². The number of halogens is 1. The van der Waals surface area contributed by atoms with E-state index in [-0.39, 0.29) is 24.3 Å². The van der Waals surface area contributed by atoms with Crippen molar-refractivity contribution in [2.75, 3.05) is 24.3 Å². The molecule has 2 aliphatic heterocycles. The van der Waals surface area contributed by atoms with Gasteiger partial charge < -0.3 is 20.3 Å². The highest BCUT2D eigenvalue weighted by atomic mass is 19.1. The average molecular weight is 543 g/mol. The first kappa shape index (κ1) is 26.0. The molecule has 1 spiro atoms. The molecule has 1 aromatic heterocycles. The zero-order valence-corrected chi connectivity index (χ0v) is 22.7. The van der Waals surface area contributed by atoms with Crippen LogP contribution in [0.5, 0.6) is 5.75 Å². The van der Waals surface area contributed by atoms with Crippen molar-refractivity contribution in [1.29, 1.82) is 0 Å². The van der Waals surface area contributed by atoms with E-state index < -0.39 is 22.7 Å². The number of methoxy groups -OCH3 is 1. The molecule has 1 saturated heterocycles. The summed E-state index contributed by atoms with van der Waals surface area (Å²) in [6.07, 6.45) is 3.92. The van der Waals surface area contributed by atoms with E-state index in [0.29, 0.717) is 48.5 Å². The number of amides is 3. The topological polar surface area (TPSA) is 101 Å². The Balaban J connectivity index is 1.23. The number of piperidine rings is 1. The molecule has 3 heterocycles. The predicted octanol–water partition coefficient (Wildman–Crippen LogP) is 4.55. The van der Waals surface area contributed by atoms with Gasteiger partial charge >= 0.3 is 0 Å². The number of ether oxygens (including phenoxy) is 1. The van der Waals surface area contributed by atoms with Crippen LogP contribution in [0.15, 0.2) is 54.7 Å². The second-order valence-corrected chi connectivity index (χ2v) is 11.6. The normalized spacial score (nSPS) is 22.6. The van der Waals surface area contributed by atoms with Gasteiger partial charge in [0.15, 0.2) is 0 Å². The summed E-state index contributed by atoms with van der Waals surface area (Å²) in [6, 6.07) is 13.2. The lowest BCUT2D eigenvalue weighted by Gasteiger charge is -2.43. The lowest BCUT2D eigenvalue weighted by Crippen LogP contribution is -2.50. The molecular weight excluding hydrogens is 511 g/mol. The molecule has 9 heteroatoms. The molecule has 3 aliphatic rings. The van der Waals surface area contributed by atoms with Gasteiger partial charge in [-0.25, -0.2) is 9.37 Å². The number of nitrogens with zero attached hydrogens (tertiary/aromatic N) is 2. The second kappa shape index (κ2) is 9.43. The molecule has 0 saturated carbocycles. The van der Waals surface area contributed by atoms with Gasteiger partial charge in [0.2, 0.25) is 17.7 Å². The molecule has 3 aromatic rings. The van der Waals surface area contributed by atoms with E-state index in [1.807, 2.05) is 44.2 Å². The third-order valence-electron chi connectivity index (χ3n) is 8.59. The van der Waals surface area contributed by atoms with Crippen LogP contribution in [0, 0.1) is 11.2 Å². The summed E-state index contributed by atoms with van der Waals surface area (Å²) in [5.74, 6) is 0.0701. The van der Waals surface area contributed by atoms with E-state index in [9.17, 15) is 18.8 Å². The highest BCUT2D eigenvalue weighted by molar-refractivity contribution is 6.06. The fourth-order valence-electron chi connectivity index (χ4n) is 6.46. The largest absolute Gasteiger partial charge is 0.496 e. The highest BCUT2D eigenvalue weighted by Gasteiger charge is 2.51. The van der Waals surface area contributed by atoms with Crippen molar-refractivity contribution in [3.05, 3.63) is 82.8 Å². The Morgan fingerprint density at radius 2 is 1.95 bits per heavy atom. The summed E-state index contributed by atoms with van der Waals surface area (Å²) < 4.78 is 19.7. The summed E-state index contributed by atoms with van der Waals surface area (Å²) in [6.45, 7) is 3.54. The van der Waals surface area contributed by atoms with Crippen molar-refractivity contribution in [1.82, 2.24) is 9.88 Å². The minimum Gasteiger partial charge on any atom is -0.496 e. The average Bonchev–Trinajstić information content (AvgIpc) is 3.44. The molecule has 2 aromatic carbocycles. The third-order valence-corrected chi connectivity index (χ3v) is 8.59. The first-order chi connectivity index (χ1) is 19.1. The van der Waals surface area contributed by atoms with E-state index in [1.165, 1.54) is 24.1 Å². The summed E-state index contributed by atoms with van der Waals surface area (Å²) in [5.41, 5.74) is 2.73. The molecule has 206 valence electrons. The Kier molecular flexibility index (Phi) is 6.12. The van der Waals surface area contributed by atoms with Crippen LogP contribution in [-0.4, -0.2) is 41.3 Å². The molecular formula is C31H31FN4O4. The maximum absolute atomic E-state index is 14.2. The van der Waals surface area contributed by atoms with Crippen molar-refractivity contribution in [2.24, 2.45) is 5.41 Å². The highest BCUT2D eigenvalue weighted by Crippen LogP contribution is 2.47. The lowest BCUT2D eigenvalue weighted by atomic mass is 9.78.